The molecule has 2 heterocycles. The Morgan fingerprint density at radius 1 is 1.15 bits per heavy atom. The highest BCUT2D eigenvalue weighted by atomic mass is 16.1. The van der Waals surface area contributed by atoms with Crippen LogP contribution in [0, 0.1) is 22.7 Å². The second-order valence-electron chi connectivity index (χ2n) is 6.50. The van der Waals surface area contributed by atoms with Gasteiger partial charge in [0.2, 0.25) is 0 Å². The fourth-order valence-corrected chi connectivity index (χ4v) is 3.22. The Labute approximate surface area is 151 Å². The maximum Gasteiger partial charge on any atom is 0.268 e. The van der Waals surface area contributed by atoms with Crippen molar-refractivity contribution in [3.8, 4) is 23.3 Å². The standard InChI is InChI=1S/C19H20N6O/c1-24-5-7-25(8-6-24)12-13-3-2-4-14(9-13)17-15(10-20)18(22)23-19(26)16(17)11-21/h2-4,9H,5-8,12H2,1H3,(H3,22,23,26). The Balaban J connectivity index is 2.00. The molecule has 0 unspecified atom stereocenters. The molecule has 1 fully saturated rings. The van der Waals surface area contributed by atoms with Crippen molar-refractivity contribution in [2.24, 2.45) is 0 Å². The average molecular weight is 348 g/mol. The van der Waals surface area contributed by atoms with Gasteiger partial charge in [0.25, 0.3) is 5.56 Å². The van der Waals surface area contributed by atoms with Crippen LogP contribution in [0.4, 0.5) is 5.82 Å². The van der Waals surface area contributed by atoms with E-state index in [0.29, 0.717) is 11.1 Å². The molecule has 132 valence electrons. The second kappa shape index (κ2) is 7.40. The van der Waals surface area contributed by atoms with Crippen molar-refractivity contribution in [2.45, 2.75) is 6.54 Å². The number of aromatic amines is 1. The van der Waals surface area contributed by atoms with E-state index in [9.17, 15) is 15.3 Å². The van der Waals surface area contributed by atoms with Crippen LogP contribution in [-0.2, 0) is 6.54 Å². The molecular weight excluding hydrogens is 328 g/mol. The highest BCUT2D eigenvalue weighted by molar-refractivity contribution is 5.80. The fourth-order valence-electron chi connectivity index (χ4n) is 3.22. The third kappa shape index (κ3) is 3.45. The topological polar surface area (TPSA) is 113 Å². The molecule has 1 aliphatic heterocycles. The Morgan fingerprint density at radius 2 is 1.85 bits per heavy atom. The third-order valence-corrected chi connectivity index (χ3v) is 4.69. The summed E-state index contributed by atoms with van der Waals surface area (Å²) in [4.78, 5) is 19.1. The molecule has 0 aliphatic carbocycles. The third-order valence-electron chi connectivity index (χ3n) is 4.69. The van der Waals surface area contributed by atoms with Crippen LogP contribution in [0.2, 0.25) is 0 Å². The zero-order valence-electron chi connectivity index (χ0n) is 14.6. The first kappa shape index (κ1) is 17.7. The van der Waals surface area contributed by atoms with Gasteiger partial charge in [-0.2, -0.15) is 10.5 Å². The predicted octanol–water partition coefficient (Wildman–Crippen LogP) is 1.11. The zero-order valence-corrected chi connectivity index (χ0v) is 14.6. The van der Waals surface area contributed by atoms with Gasteiger partial charge in [-0.15, -0.1) is 0 Å². The maximum absolute atomic E-state index is 12.1. The van der Waals surface area contributed by atoms with Crippen LogP contribution in [0.15, 0.2) is 29.1 Å². The first-order chi connectivity index (χ1) is 12.5. The van der Waals surface area contributed by atoms with E-state index in [1.54, 1.807) is 6.07 Å². The van der Waals surface area contributed by atoms with E-state index in [1.807, 2.05) is 30.3 Å². The minimum Gasteiger partial charge on any atom is -0.384 e. The number of likely N-dealkylation sites (N-methyl/N-ethyl adjacent to an activating group) is 1. The van der Waals surface area contributed by atoms with Gasteiger partial charge in [-0.05, 0) is 24.2 Å². The molecule has 3 N–H and O–H groups in total. The lowest BCUT2D eigenvalue weighted by Gasteiger charge is -2.32. The number of nitrogen functional groups attached to an aromatic ring is 1. The van der Waals surface area contributed by atoms with Crippen LogP contribution in [0.1, 0.15) is 16.7 Å². The number of aromatic nitrogens is 1. The molecule has 0 saturated carbocycles. The first-order valence-corrected chi connectivity index (χ1v) is 8.39. The molecule has 1 aliphatic rings. The summed E-state index contributed by atoms with van der Waals surface area (Å²) in [6, 6.07) is 11.5. The molecular formula is C19H20N6O. The fraction of sp³-hybridized carbons (Fsp3) is 0.316. The van der Waals surface area contributed by atoms with Crippen molar-refractivity contribution in [2.75, 3.05) is 39.0 Å². The van der Waals surface area contributed by atoms with Crippen LogP contribution in [-0.4, -0.2) is 48.0 Å². The van der Waals surface area contributed by atoms with Crippen molar-refractivity contribution in [3.63, 3.8) is 0 Å². The molecule has 1 aromatic carbocycles. The van der Waals surface area contributed by atoms with E-state index in [2.05, 4.69) is 21.8 Å². The Kier molecular flexibility index (Phi) is 5.04. The number of pyridine rings is 1. The van der Waals surface area contributed by atoms with Crippen LogP contribution < -0.4 is 11.3 Å². The second-order valence-corrected chi connectivity index (χ2v) is 6.50. The minimum absolute atomic E-state index is 0.0176. The number of H-pyrrole nitrogens is 1. The summed E-state index contributed by atoms with van der Waals surface area (Å²) < 4.78 is 0. The molecule has 26 heavy (non-hydrogen) atoms. The molecule has 0 spiro atoms. The van der Waals surface area contributed by atoms with Crippen molar-refractivity contribution in [3.05, 3.63) is 51.3 Å². The maximum atomic E-state index is 12.1. The summed E-state index contributed by atoms with van der Waals surface area (Å²) in [5, 5.41) is 18.8. The lowest BCUT2D eigenvalue weighted by Crippen LogP contribution is -2.43. The molecule has 3 rings (SSSR count). The van der Waals surface area contributed by atoms with Crippen LogP contribution in [0.5, 0.6) is 0 Å². The van der Waals surface area contributed by atoms with Gasteiger partial charge in [-0.3, -0.25) is 9.69 Å². The quantitative estimate of drug-likeness (QED) is 0.859. The SMILES string of the molecule is CN1CCN(Cc2cccc(-c3c(C#N)c(N)[nH]c(=O)c3C#N)c2)CC1. The number of anilines is 1. The summed E-state index contributed by atoms with van der Waals surface area (Å²) in [5.41, 5.74) is 7.27. The number of nitrogens with two attached hydrogens (primary N) is 1. The van der Waals surface area contributed by atoms with Crippen molar-refractivity contribution >= 4 is 5.82 Å². The smallest absolute Gasteiger partial charge is 0.268 e. The van der Waals surface area contributed by atoms with Crippen LogP contribution >= 0.6 is 0 Å². The lowest BCUT2D eigenvalue weighted by molar-refractivity contribution is 0.148. The molecule has 7 heteroatoms. The number of piperazine rings is 1. The number of nitrogens with zero attached hydrogens (tertiary/aromatic N) is 4. The van der Waals surface area contributed by atoms with Gasteiger partial charge < -0.3 is 15.6 Å². The molecule has 0 radical (unpaired) electrons. The van der Waals surface area contributed by atoms with E-state index in [0.717, 1.165) is 38.3 Å². The summed E-state index contributed by atoms with van der Waals surface area (Å²) in [6.07, 6.45) is 0. The first-order valence-electron chi connectivity index (χ1n) is 8.39. The van der Waals surface area contributed by atoms with Gasteiger partial charge in [0.05, 0.1) is 0 Å². The summed E-state index contributed by atoms with van der Waals surface area (Å²) in [7, 11) is 2.11. The lowest BCUT2D eigenvalue weighted by atomic mass is 9.95. The molecule has 1 aromatic heterocycles. The van der Waals surface area contributed by atoms with E-state index in [4.69, 9.17) is 5.73 Å². The zero-order chi connectivity index (χ0) is 18.7. The summed E-state index contributed by atoms with van der Waals surface area (Å²) >= 11 is 0. The van der Waals surface area contributed by atoms with E-state index in [1.165, 1.54) is 0 Å². The highest BCUT2D eigenvalue weighted by Gasteiger charge is 2.19. The van der Waals surface area contributed by atoms with Crippen LogP contribution in [0.25, 0.3) is 11.1 Å². The van der Waals surface area contributed by atoms with Crippen molar-refractivity contribution < 1.29 is 0 Å². The van der Waals surface area contributed by atoms with E-state index in [-0.39, 0.29) is 16.9 Å². The molecule has 0 amide bonds. The predicted molar refractivity (Wildman–Crippen MR) is 99.1 cm³/mol. The number of rotatable bonds is 3. The van der Waals surface area contributed by atoms with Gasteiger partial charge in [0, 0.05) is 38.3 Å². The monoisotopic (exact) mass is 348 g/mol. The average Bonchev–Trinajstić information content (AvgIpc) is 2.63. The van der Waals surface area contributed by atoms with Gasteiger partial charge in [0.15, 0.2) is 0 Å². The van der Waals surface area contributed by atoms with Gasteiger partial charge in [0.1, 0.15) is 29.1 Å². The Morgan fingerprint density at radius 3 is 2.50 bits per heavy atom. The normalized spacial score (nSPS) is 15.3. The highest BCUT2D eigenvalue weighted by Crippen LogP contribution is 2.28. The van der Waals surface area contributed by atoms with E-state index >= 15 is 0 Å². The Bertz CT molecular complexity index is 957. The molecule has 2 aromatic rings. The van der Waals surface area contributed by atoms with Crippen molar-refractivity contribution in [1.29, 1.82) is 10.5 Å². The van der Waals surface area contributed by atoms with Crippen molar-refractivity contribution in [1.82, 2.24) is 14.8 Å². The molecule has 7 nitrogen and oxygen atoms in total. The summed E-state index contributed by atoms with van der Waals surface area (Å²) in [6.45, 7) is 4.82. The van der Waals surface area contributed by atoms with Gasteiger partial charge in [-0.25, -0.2) is 0 Å². The largest absolute Gasteiger partial charge is 0.384 e. The molecule has 0 bridgehead atoms. The number of benzene rings is 1. The van der Waals surface area contributed by atoms with Crippen LogP contribution in [0.3, 0.4) is 0 Å². The van der Waals surface area contributed by atoms with Gasteiger partial charge in [-0.1, -0.05) is 18.2 Å². The Hall–Kier alpha value is -3.13. The molecule has 1 saturated heterocycles. The number of hydrogen-bond donors (Lipinski definition) is 2. The minimum atomic E-state index is -0.580. The molecule has 0 atom stereocenters. The van der Waals surface area contributed by atoms with Gasteiger partial charge >= 0.3 is 0 Å². The number of nitriles is 2. The summed E-state index contributed by atoms with van der Waals surface area (Å²) in [5.74, 6) is -0.0176. The van der Waals surface area contributed by atoms with E-state index < -0.39 is 5.56 Å². The number of hydrogen-bond acceptors (Lipinski definition) is 6. The number of nitrogens with one attached hydrogen (secondary N) is 1.